The van der Waals surface area contributed by atoms with Gasteiger partial charge in [-0.2, -0.15) is 12.1 Å². The number of pyridine rings is 1. The second-order valence-corrected chi connectivity index (χ2v) is 23.6. The Hall–Kier alpha value is -8.76. The van der Waals surface area contributed by atoms with Crippen LogP contribution in [0.25, 0.3) is 38.8 Å². The van der Waals surface area contributed by atoms with Gasteiger partial charge in [-0.25, -0.2) is 4.98 Å². The maximum Gasteiger partial charge on any atom is 0.135 e. The monoisotopic (exact) mass is 1270 g/mol. The Morgan fingerprint density at radius 3 is 1.46 bits per heavy atom. The van der Waals surface area contributed by atoms with Crippen molar-refractivity contribution in [2.45, 2.75) is 64.7 Å². The van der Waals surface area contributed by atoms with Gasteiger partial charge in [0.05, 0.1) is 0 Å². The molecule has 0 N–H and O–H groups in total. The molecule has 0 fully saturated rings. The molecule has 5 nitrogen and oxygen atoms in total. The summed E-state index contributed by atoms with van der Waals surface area (Å²) >= 11 is 0. The van der Waals surface area contributed by atoms with Gasteiger partial charge in [-0.3, -0.25) is 0 Å². The van der Waals surface area contributed by atoms with Crippen molar-refractivity contribution >= 4 is 44.6 Å². The standard InChI is InChI=1S/C78H67N4O.Pt/c1-54(2)77(58-30-15-9-16-31-58,59-32-17-10-18-33-59)68-48-57(56-28-13-8-14-29-56)49-69(78(55(3)4,60-34-19-11-20-35-60)61-36-21-12-22-37-61)75(68)81-53-80(71-42-25-26-43-72(71)81)63-38-27-39-64(51-63)83-65-44-45-67-66-40-23-24-41-70(66)82(73(67)52-65)74-50-62(46-47-79-74)76(5,6)7;/h8-50,53-55H,1-7H3;/q-3;. The molecule has 0 bridgehead atoms. The number of hydrogen-bond acceptors (Lipinski definition) is 4. The van der Waals surface area contributed by atoms with Gasteiger partial charge in [0.25, 0.3) is 0 Å². The van der Waals surface area contributed by atoms with Crippen molar-refractivity contribution < 1.29 is 25.8 Å². The molecule has 1 aliphatic rings. The van der Waals surface area contributed by atoms with Crippen molar-refractivity contribution in [1.29, 1.82) is 0 Å². The smallest absolute Gasteiger partial charge is 0.135 e. The third kappa shape index (κ3) is 9.53. The SMILES string of the molecule is CC(C)C(c1ccccc1)(c1ccccc1)c1cc(-c2ccccc2)cc(C(c2ccccc2)(c2ccccc2)C(C)C)c1N1[CH-]N(c2[c-]c(Oc3[c-]c4c(cc3)c3ccccc3n4-c3cc(C(C)(C)C)ccn3)ccc2)c2ccccc21.[Pt]. The molecule has 418 valence electrons. The van der Waals surface area contributed by atoms with Crippen LogP contribution >= 0.6 is 0 Å². The van der Waals surface area contributed by atoms with Crippen LogP contribution in [-0.2, 0) is 37.3 Å². The fourth-order valence-corrected chi connectivity index (χ4v) is 13.4. The average molecular weight is 1270 g/mol. The first-order chi connectivity index (χ1) is 40.5. The summed E-state index contributed by atoms with van der Waals surface area (Å²) in [6.07, 6.45) is 1.91. The van der Waals surface area contributed by atoms with E-state index in [-0.39, 0.29) is 38.3 Å². The molecule has 12 aromatic rings. The number of aromatic nitrogens is 2. The predicted molar refractivity (Wildman–Crippen MR) is 344 cm³/mol. The van der Waals surface area contributed by atoms with Crippen LogP contribution in [-0.4, -0.2) is 9.55 Å². The first kappa shape index (κ1) is 55.8. The van der Waals surface area contributed by atoms with Gasteiger partial charge in [0.2, 0.25) is 0 Å². The topological polar surface area (TPSA) is 33.5 Å². The van der Waals surface area contributed by atoms with Crippen molar-refractivity contribution in [2.75, 3.05) is 9.80 Å². The van der Waals surface area contributed by atoms with E-state index in [4.69, 9.17) is 9.72 Å². The third-order valence-electron chi connectivity index (χ3n) is 17.2. The molecule has 0 spiro atoms. The summed E-state index contributed by atoms with van der Waals surface area (Å²) in [5.74, 6) is 2.15. The van der Waals surface area contributed by atoms with Gasteiger partial charge in [-0.15, -0.1) is 48.1 Å². The van der Waals surface area contributed by atoms with E-state index in [1.807, 2.05) is 18.3 Å². The predicted octanol–water partition coefficient (Wildman–Crippen LogP) is 19.9. The molecule has 2 aromatic heterocycles. The van der Waals surface area contributed by atoms with Gasteiger partial charge in [0.15, 0.2) is 0 Å². The number of anilines is 4. The molecule has 0 saturated heterocycles. The van der Waals surface area contributed by atoms with E-state index in [1.165, 1.54) is 38.9 Å². The molecule has 0 amide bonds. The van der Waals surface area contributed by atoms with E-state index < -0.39 is 10.8 Å². The van der Waals surface area contributed by atoms with Gasteiger partial charge in [0.1, 0.15) is 5.82 Å². The van der Waals surface area contributed by atoms with E-state index in [0.29, 0.717) is 11.5 Å². The second-order valence-electron chi connectivity index (χ2n) is 23.6. The van der Waals surface area contributed by atoms with Crippen molar-refractivity contribution in [1.82, 2.24) is 9.55 Å². The Morgan fingerprint density at radius 1 is 0.440 bits per heavy atom. The van der Waals surface area contributed by atoms with Crippen LogP contribution in [0.4, 0.5) is 22.7 Å². The van der Waals surface area contributed by atoms with E-state index in [0.717, 1.165) is 61.5 Å². The fraction of sp³-hybridized carbons (Fsp3) is 0.154. The van der Waals surface area contributed by atoms with Crippen molar-refractivity contribution in [2.24, 2.45) is 11.8 Å². The minimum absolute atomic E-state index is 0. The molecule has 0 unspecified atom stereocenters. The number of para-hydroxylation sites is 3. The van der Waals surface area contributed by atoms with Crippen LogP contribution in [0.2, 0.25) is 0 Å². The van der Waals surface area contributed by atoms with Gasteiger partial charge < -0.3 is 19.1 Å². The molecule has 6 heteroatoms. The Kier molecular flexibility index (Phi) is 15.1. The summed E-state index contributed by atoms with van der Waals surface area (Å²) in [6.45, 7) is 18.6. The van der Waals surface area contributed by atoms with Crippen LogP contribution < -0.4 is 14.5 Å². The van der Waals surface area contributed by atoms with E-state index in [1.54, 1.807) is 0 Å². The molecular formula is C78H67N4OPt-3. The van der Waals surface area contributed by atoms with Gasteiger partial charge in [0, 0.05) is 72.2 Å². The molecule has 0 saturated carbocycles. The van der Waals surface area contributed by atoms with Gasteiger partial charge in [-0.1, -0.05) is 236 Å². The van der Waals surface area contributed by atoms with E-state index >= 15 is 0 Å². The molecule has 0 radical (unpaired) electrons. The summed E-state index contributed by atoms with van der Waals surface area (Å²) in [7, 11) is 0. The average Bonchev–Trinajstić information content (AvgIpc) is 1.15. The maximum atomic E-state index is 6.88. The first-order valence-corrected chi connectivity index (χ1v) is 29.1. The van der Waals surface area contributed by atoms with Crippen LogP contribution in [0.1, 0.15) is 87.4 Å². The number of fused-ring (bicyclic) bond motifs is 4. The number of nitrogens with zero attached hydrogens (tertiary/aromatic N) is 4. The second kappa shape index (κ2) is 22.8. The summed E-state index contributed by atoms with van der Waals surface area (Å²) in [5, 5.41) is 2.21. The van der Waals surface area contributed by atoms with Crippen LogP contribution in [0.5, 0.6) is 11.5 Å². The molecule has 0 atom stereocenters. The number of benzene rings is 10. The number of rotatable bonds is 14. The third-order valence-corrected chi connectivity index (χ3v) is 17.2. The zero-order valence-corrected chi connectivity index (χ0v) is 50.8. The summed E-state index contributed by atoms with van der Waals surface area (Å²) in [6, 6.07) is 100. The van der Waals surface area contributed by atoms with E-state index in [9.17, 15) is 0 Å². The maximum absolute atomic E-state index is 6.88. The Labute approximate surface area is 510 Å². The number of hydrogen-bond donors (Lipinski definition) is 0. The van der Waals surface area contributed by atoms with Crippen LogP contribution in [0, 0.1) is 30.6 Å². The van der Waals surface area contributed by atoms with Gasteiger partial charge in [-0.05, 0) is 115 Å². The number of ether oxygens (including phenoxy) is 1. The molecule has 10 aromatic carbocycles. The first-order valence-electron chi connectivity index (χ1n) is 29.1. The zero-order chi connectivity index (χ0) is 56.9. The molecule has 3 heterocycles. The molecule has 13 rings (SSSR count). The molecule has 84 heavy (non-hydrogen) atoms. The Bertz CT molecular complexity index is 4070. The Balaban J connectivity index is 0.00000694. The fourth-order valence-electron chi connectivity index (χ4n) is 13.4. The Morgan fingerprint density at radius 2 is 0.929 bits per heavy atom. The van der Waals surface area contributed by atoms with Crippen molar-refractivity contribution in [3.63, 3.8) is 0 Å². The largest absolute Gasteiger partial charge is 0.509 e. The van der Waals surface area contributed by atoms with Crippen molar-refractivity contribution in [3.8, 4) is 28.4 Å². The quantitative estimate of drug-likeness (QED) is 0.0803. The summed E-state index contributed by atoms with van der Waals surface area (Å²) in [4.78, 5) is 9.70. The molecular weight excluding hydrogens is 1200 g/mol. The minimum atomic E-state index is -0.668. The van der Waals surface area contributed by atoms with Crippen LogP contribution in [0.3, 0.4) is 0 Å². The van der Waals surface area contributed by atoms with E-state index in [2.05, 4.69) is 324 Å². The summed E-state index contributed by atoms with van der Waals surface area (Å²) < 4.78 is 9.09. The molecule has 1 aliphatic heterocycles. The normalized spacial score (nSPS) is 12.7. The van der Waals surface area contributed by atoms with Crippen LogP contribution in [0.15, 0.2) is 261 Å². The van der Waals surface area contributed by atoms with Gasteiger partial charge >= 0.3 is 0 Å². The minimum Gasteiger partial charge on any atom is -0.509 e. The summed E-state index contributed by atoms with van der Waals surface area (Å²) in [5.41, 5.74) is 15.4. The zero-order valence-electron chi connectivity index (χ0n) is 48.6. The van der Waals surface area contributed by atoms with Crippen molar-refractivity contribution in [3.05, 3.63) is 319 Å². The molecule has 0 aliphatic carbocycles.